The van der Waals surface area contributed by atoms with Crippen LogP contribution in [0.25, 0.3) is 0 Å². The van der Waals surface area contributed by atoms with Crippen LogP contribution in [-0.4, -0.2) is 38.5 Å². The number of hydrogen-bond donors (Lipinski definition) is 1. The van der Waals surface area contributed by atoms with Gasteiger partial charge < -0.3 is 14.8 Å². The van der Waals surface area contributed by atoms with Gasteiger partial charge in [-0.15, -0.1) is 0 Å². The van der Waals surface area contributed by atoms with Crippen molar-refractivity contribution >= 4 is 0 Å². The van der Waals surface area contributed by atoms with Gasteiger partial charge in [-0.3, -0.25) is 0 Å². The van der Waals surface area contributed by atoms with E-state index in [2.05, 4.69) is 5.32 Å². The molecule has 0 amide bonds. The number of morpholine rings is 1. The Morgan fingerprint density at radius 3 is 3.20 bits per heavy atom. The Kier molecular flexibility index (Phi) is 1.88. The van der Waals surface area contributed by atoms with Gasteiger partial charge >= 0.3 is 0 Å². The van der Waals surface area contributed by atoms with Crippen LogP contribution in [-0.2, 0) is 9.47 Å². The standard InChI is InChI=1S/C7H13NO2/c1-3-9-5-7-6(1)8-2-4-10-7/h6-8H,1-5H2/t6-,7-/m1/s1. The predicted octanol–water partition coefficient (Wildman–Crippen LogP) is -0.236. The van der Waals surface area contributed by atoms with Gasteiger partial charge in [-0.25, -0.2) is 0 Å². The third-order valence-corrected chi connectivity index (χ3v) is 2.14. The van der Waals surface area contributed by atoms with Crippen molar-refractivity contribution in [3.63, 3.8) is 0 Å². The SMILES string of the molecule is C1CO[C@@H]2COCC[C@H]2N1. The van der Waals surface area contributed by atoms with Crippen molar-refractivity contribution in [1.82, 2.24) is 5.32 Å². The summed E-state index contributed by atoms with van der Waals surface area (Å²) in [5.74, 6) is 0. The molecule has 2 atom stereocenters. The Morgan fingerprint density at radius 2 is 2.30 bits per heavy atom. The highest BCUT2D eigenvalue weighted by Gasteiger charge is 2.28. The zero-order valence-electron chi connectivity index (χ0n) is 6.01. The van der Waals surface area contributed by atoms with Crippen molar-refractivity contribution in [3.05, 3.63) is 0 Å². The van der Waals surface area contributed by atoms with Gasteiger partial charge in [0.1, 0.15) is 0 Å². The molecule has 1 N–H and O–H groups in total. The first-order valence-corrected chi connectivity index (χ1v) is 3.89. The Labute approximate surface area is 60.7 Å². The Balaban J connectivity index is 1.93. The third kappa shape index (κ3) is 1.17. The van der Waals surface area contributed by atoms with Crippen LogP contribution in [0.1, 0.15) is 6.42 Å². The topological polar surface area (TPSA) is 30.5 Å². The van der Waals surface area contributed by atoms with Gasteiger partial charge in [-0.05, 0) is 6.42 Å². The molecule has 2 heterocycles. The fourth-order valence-corrected chi connectivity index (χ4v) is 1.56. The average molecular weight is 143 g/mol. The maximum atomic E-state index is 5.49. The zero-order valence-corrected chi connectivity index (χ0v) is 6.01. The molecular weight excluding hydrogens is 130 g/mol. The van der Waals surface area contributed by atoms with Crippen LogP contribution in [0.5, 0.6) is 0 Å². The minimum atomic E-state index is 0.322. The van der Waals surface area contributed by atoms with Crippen LogP contribution in [0.15, 0.2) is 0 Å². The summed E-state index contributed by atoms with van der Waals surface area (Å²) in [5, 5.41) is 3.42. The molecule has 2 aliphatic heterocycles. The minimum absolute atomic E-state index is 0.322. The first-order chi connectivity index (χ1) is 4.97. The lowest BCUT2D eigenvalue weighted by atomic mass is 10.1. The van der Waals surface area contributed by atoms with E-state index in [0.717, 1.165) is 32.8 Å². The predicted molar refractivity (Wildman–Crippen MR) is 37.0 cm³/mol. The quantitative estimate of drug-likeness (QED) is 0.508. The highest BCUT2D eigenvalue weighted by molar-refractivity contribution is 4.83. The fourth-order valence-electron chi connectivity index (χ4n) is 1.56. The molecule has 2 fully saturated rings. The van der Waals surface area contributed by atoms with E-state index in [4.69, 9.17) is 9.47 Å². The van der Waals surface area contributed by atoms with Crippen molar-refractivity contribution in [2.24, 2.45) is 0 Å². The monoisotopic (exact) mass is 143 g/mol. The molecule has 0 saturated carbocycles. The molecule has 3 nitrogen and oxygen atoms in total. The maximum absolute atomic E-state index is 5.49. The number of ether oxygens (including phenoxy) is 2. The van der Waals surface area contributed by atoms with Crippen molar-refractivity contribution in [1.29, 1.82) is 0 Å². The molecule has 0 unspecified atom stereocenters. The second-order valence-electron chi connectivity index (χ2n) is 2.83. The van der Waals surface area contributed by atoms with E-state index in [-0.39, 0.29) is 0 Å². The van der Waals surface area contributed by atoms with Crippen molar-refractivity contribution < 1.29 is 9.47 Å². The summed E-state index contributed by atoms with van der Waals surface area (Å²) in [5.41, 5.74) is 0. The molecule has 2 rings (SSSR count). The summed E-state index contributed by atoms with van der Waals surface area (Å²) in [6, 6.07) is 0.558. The molecule has 0 aromatic rings. The van der Waals surface area contributed by atoms with Gasteiger partial charge in [0, 0.05) is 19.2 Å². The molecule has 3 heteroatoms. The van der Waals surface area contributed by atoms with E-state index in [1.54, 1.807) is 0 Å². The van der Waals surface area contributed by atoms with Crippen LogP contribution >= 0.6 is 0 Å². The molecule has 2 saturated heterocycles. The van der Waals surface area contributed by atoms with E-state index in [9.17, 15) is 0 Å². The molecule has 58 valence electrons. The summed E-state index contributed by atoms with van der Waals surface area (Å²) >= 11 is 0. The normalized spacial score (nSPS) is 40.8. The Hall–Kier alpha value is -0.120. The molecule has 2 aliphatic rings. The molecule has 0 spiro atoms. The first kappa shape index (κ1) is 6.58. The van der Waals surface area contributed by atoms with Crippen LogP contribution < -0.4 is 5.32 Å². The molecule has 0 aromatic carbocycles. The fraction of sp³-hybridized carbons (Fsp3) is 1.00. The van der Waals surface area contributed by atoms with Gasteiger partial charge in [-0.1, -0.05) is 0 Å². The second kappa shape index (κ2) is 2.86. The van der Waals surface area contributed by atoms with Crippen molar-refractivity contribution in [3.8, 4) is 0 Å². The third-order valence-electron chi connectivity index (χ3n) is 2.14. The van der Waals surface area contributed by atoms with Crippen LogP contribution in [0.2, 0.25) is 0 Å². The largest absolute Gasteiger partial charge is 0.379 e. The van der Waals surface area contributed by atoms with Crippen LogP contribution in [0, 0.1) is 0 Å². The number of hydrogen-bond acceptors (Lipinski definition) is 3. The van der Waals surface area contributed by atoms with Gasteiger partial charge in [0.15, 0.2) is 0 Å². The lowest BCUT2D eigenvalue weighted by molar-refractivity contribution is -0.0884. The smallest absolute Gasteiger partial charge is 0.0962 e. The molecule has 0 radical (unpaired) electrons. The molecule has 0 bridgehead atoms. The summed E-state index contributed by atoms with van der Waals surface area (Å²) in [7, 11) is 0. The average Bonchev–Trinajstić information content (AvgIpc) is 2.05. The minimum Gasteiger partial charge on any atom is -0.379 e. The van der Waals surface area contributed by atoms with Gasteiger partial charge in [0.05, 0.1) is 19.3 Å². The summed E-state index contributed by atoms with van der Waals surface area (Å²) in [4.78, 5) is 0. The zero-order chi connectivity index (χ0) is 6.81. The van der Waals surface area contributed by atoms with Crippen molar-refractivity contribution in [2.45, 2.75) is 18.6 Å². The van der Waals surface area contributed by atoms with E-state index < -0.39 is 0 Å². The molecule has 0 aliphatic carbocycles. The first-order valence-electron chi connectivity index (χ1n) is 3.89. The lowest BCUT2D eigenvalue weighted by Gasteiger charge is -2.35. The lowest BCUT2D eigenvalue weighted by Crippen LogP contribution is -2.53. The summed E-state index contributed by atoms with van der Waals surface area (Å²) in [6.45, 7) is 3.50. The number of nitrogens with one attached hydrogen (secondary N) is 1. The second-order valence-corrected chi connectivity index (χ2v) is 2.83. The number of fused-ring (bicyclic) bond motifs is 1. The van der Waals surface area contributed by atoms with Gasteiger partial charge in [-0.2, -0.15) is 0 Å². The highest BCUT2D eigenvalue weighted by Crippen LogP contribution is 2.13. The molecule has 0 aromatic heterocycles. The summed E-state index contributed by atoms with van der Waals surface area (Å²) < 4.78 is 10.8. The highest BCUT2D eigenvalue weighted by atomic mass is 16.5. The van der Waals surface area contributed by atoms with Crippen molar-refractivity contribution in [2.75, 3.05) is 26.4 Å². The van der Waals surface area contributed by atoms with E-state index >= 15 is 0 Å². The van der Waals surface area contributed by atoms with E-state index in [0.29, 0.717) is 12.1 Å². The van der Waals surface area contributed by atoms with Gasteiger partial charge in [0.2, 0.25) is 0 Å². The molecular formula is C7H13NO2. The van der Waals surface area contributed by atoms with Crippen LogP contribution in [0.3, 0.4) is 0 Å². The van der Waals surface area contributed by atoms with E-state index in [1.807, 2.05) is 0 Å². The maximum Gasteiger partial charge on any atom is 0.0962 e. The Bertz CT molecular complexity index is 92.2. The van der Waals surface area contributed by atoms with Gasteiger partial charge in [0.25, 0.3) is 0 Å². The van der Waals surface area contributed by atoms with E-state index in [1.165, 1.54) is 0 Å². The summed E-state index contributed by atoms with van der Waals surface area (Å²) in [6.07, 6.45) is 1.42. The Morgan fingerprint density at radius 1 is 1.30 bits per heavy atom. The molecule has 10 heavy (non-hydrogen) atoms. The number of rotatable bonds is 0. The van der Waals surface area contributed by atoms with Crippen LogP contribution in [0.4, 0.5) is 0 Å².